The molecule has 0 atom stereocenters. The summed E-state index contributed by atoms with van der Waals surface area (Å²) in [5, 5.41) is 9.47. The van der Waals surface area contributed by atoms with Crippen LogP contribution in [0.4, 0.5) is 43.9 Å². The monoisotopic (exact) mass is 558 g/mol. The quantitative estimate of drug-likeness (QED) is 0.112. The van der Waals surface area contributed by atoms with E-state index in [2.05, 4.69) is 0 Å². The van der Waals surface area contributed by atoms with Gasteiger partial charge in [0, 0.05) is 49.4 Å². The van der Waals surface area contributed by atoms with Gasteiger partial charge in [0.2, 0.25) is 11.6 Å². The van der Waals surface area contributed by atoms with Gasteiger partial charge < -0.3 is 5.11 Å². The fourth-order valence-electron chi connectivity index (χ4n) is 1.93. The molecule has 0 amide bonds. The first-order valence-electron chi connectivity index (χ1n) is 6.41. The van der Waals surface area contributed by atoms with Crippen LogP contribution in [-0.4, -0.2) is 15.7 Å². The second kappa shape index (κ2) is 8.91. The van der Waals surface area contributed by atoms with Gasteiger partial charge in [-0.2, -0.15) is 0 Å². The van der Waals surface area contributed by atoms with Crippen molar-refractivity contribution in [3.05, 3.63) is 75.4 Å². The van der Waals surface area contributed by atoms with Crippen molar-refractivity contribution in [2.75, 3.05) is 0 Å². The molecule has 151 valence electrons. The van der Waals surface area contributed by atoms with Crippen LogP contribution in [0.5, 0.6) is 0 Å². The number of hydrogen-bond donors (Lipinski definition) is 1. The van der Waals surface area contributed by atoms with Crippen LogP contribution in [0.3, 0.4) is 0 Å². The number of aliphatic hydroxyl groups excluding tert-OH is 1. The van der Waals surface area contributed by atoms with E-state index in [-0.39, 0.29) is 55.5 Å². The molecule has 1 radical (unpaired) electrons. The van der Waals surface area contributed by atoms with Crippen LogP contribution in [0.25, 0.3) is 5.76 Å². The van der Waals surface area contributed by atoms with Crippen molar-refractivity contribution in [2.24, 2.45) is 0 Å². The molecule has 0 saturated carbocycles. The molecule has 2 rings (SSSR count). The molecular weight excluding hydrogens is 554 g/mol. The van der Waals surface area contributed by atoms with Crippen LogP contribution in [0, 0.1) is 108 Å². The largest absolute Gasteiger partial charge is 0.507 e. The Hall–Kier alpha value is -1.47. The van der Waals surface area contributed by atoms with Crippen molar-refractivity contribution in [3.8, 4) is 0 Å². The van der Waals surface area contributed by atoms with E-state index in [0.717, 1.165) is 0 Å². The number of carbonyl (C=O) groups excluding carboxylic acids is 1. The number of halogens is 10. The van der Waals surface area contributed by atoms with Gasteiger partial charge in [-0.25, -0.2) is 43.9 Å². The van der Waals surface area contributed by atoms with Gasteiger partial charge in [0.25, 0.3) is 0 Å². The zero-order chi connectivity index (χ0) is 20.8. The van der Waals surface area contributed by atoms with Gasteiger partial charge >= 0.3 is 5.78 Å². The van der Waals surface area contributed by atoms with Crippen LogP contribution >= 0.6 is 0 Å². The van der Waals surface area contributed by atoms with Gasteiger partial charge in [0.15, 0.2) is 52.1 Å². The number of benzene rings is 2. The average molecular weight is 557 g/mol. The third-order valence-corrected chi connectivity index (χ3v) is 3.21. The summed E-state index contributed by atoms with van der Waals surface area (Å²) in [5.74, 6) is -29.4. The smallest absolute Gasteiger partial charge is 0.357 e. The Morgan fingerprint density at radius 3 is 1.11 bits per heavy atom. The van der Waals surface area contributed by atoms with Crippen LogP contribution in [0.1, 0.15) is 11.1 Å². The Kier molecular flexibility index (Phi) is 7.82. The summed E-state index contributed by atoms with van der Waals surface area (Å²) in [6.07, 6.45) is -0.365. The average Bonchev–Trinajstić information content (AvgIpc) is 2.61. The second-order valence-electron chi connectivity index (χ2n) is 4.80. The van der Waals surface area contributed by atoms with Crippen molar-refractivity contribution in [1.82, 2.24) is 0 Å². The standard InChI is InChI=1S/C15H2F10O2.Eu/c16-6-4(7(17)11(21)14(24)10(6)20)2(26)1-3(27)5-8(18)12(22)15(25)13(23)9(5)19;/h1,26H;/p+1/b2-1-;. The summed E-state index contributed by atoms with van der Waals surface area (Å²) in [6, 6.07) is 0. The van der Waals surface area contributed by atoms with Crippen molar-refractivity contribution < 1.29 is 103 Å². The molecule has 2 aromatic carbocycles. The SMILES string of the molecule is O/C(=C\C(=[OH+])c1c(F)c(F)c(F)c(F)c1F)c1c(F)c(F)c(F)c(F)c1F.[Eu]. The Labute approximate surface area is 189 Å². The molecule has 0 unspecified atom stereocenters. The first kappa shape index (κ1) is 24.6. The third kappa shape index (κ3) is 3.97. The summed E-state index contributed by atoms with van der Waals surface area (Å²) in [7, 11) is 0. The number of hydrogen-bond acceptors (Lipinski definition) is 1. The molecule has 0 aromatic heterocycles. The van der Waals surface area contributed by atoms with E-state index < -0.39 is 80.8 Å². The predicted molar refractivity (Wildman–Crippen MR) is 69.1 cm³/mol. The fourth-order valence-corrected chi connectivity index (χ4v) is 1.93. The Bertz CT molecular complexity index is 961. The van der Waals surface area contributed by atoms with E-state index in [1.165, 1.54) is 0 Å². The molecule has 0 bridgehead atoms. The summed E-state index contributed by atoms with van der Waals surface area (Å²) in [4.78, 5) is 9.47. The maximum atomic E-state index is 13.5. The molecule has 2 N–H and O–H groups in total. The van der Waals surface area contributed by atoms with Gasteiger partial charge in [0.05, 0.1) is 11.6 Å². The van der Waals surface area contributed by atoms with Crippen LogP contribution in [-0.2, 0) is 0 Å². The van der Waals surface area contributed by atoms with Gasteiger partial charge in [-0.3, -0.25) is 4.79 Å². The summed E-state index contributed by atoms with van der Waals surface area (Å²) < 4.78 is 132. The molecule has 0 fully saturated rings. The molecule has 0 aliphatic rings. The maximum Gasteiger partial charge on any atom is 0.357 e. The molecular formula is C15H3EuF10O2+. The fraction of sp³-hybridized carbons (Fsp3) is 0. The topological polar surface area (TPSA) is 41.6 Å². The zero-order valence-corrected chi connectivity index (χ0v) is 15.1. The van der Waals surface area contributed by atoms with E-state index in [9.17, 15) is 53.8 Å². The van der Waals surface area contributed by atoms with Crippen LogP contribution in [0.2, 0.25) is 0 Å². The normalized spacial score (nSPS) is 11.4. The summed E-state index contributed by atoms with van der Waals surface area (Å²) in [6.45, 7) is 0. The Balaban J connectivity index is 0.00000392. The second-order valence-corrected chi connectivity index (χ2v) is 4.80. The van der Waals surface area contributed by atoms with E-state index in [0.29, 0.717) is 0 Å². The Morgan fingerprint density at radius 2 is 0.786 bits per heavy atom. The van der Waals surface area contributed by atoms with Gasteiger partial charge in [0.1, 0.15) is 5.76 Å². The van der Waals surface area contributed by atoms with Crippen LogP contribution < -0.4 is 0 Å². The molecule has 0 saturated heterocycles. The molecule has 0 aliphatic heterocycles. The minimum Gasteiger partial charge on any atom is -0.507 e. The van der Waals surface area contributed by atoms with Crippen LogP contribution in [0.15, 0.2) is 6.08 Å². The van der Waals surface area contributed by atoms with E-state index >= 15 is 0 Å². The van der Waals surface area contributed by atoms with Crippen molar-refractivity contribution in [2.45, 2.75) is 0 Å². The number of allylic oxidation sites excluding steroid dienone is 1. The van der Waals surface area contributed by atoms with Crippen molar-refractivity contribution in [3.63, 3.8) is 0 Å². The van der Waals surface area contributed by atoms with Crippen molar-refractivity contribution in [1.29, 1.82) is 0 Å². The van der Waals surface area contributed by atoms with Crippen molar-refractivity contribution >= 4 is 11.5 Å². The first-order valence-corrected chi connectivity index (χ1v) is 6.41. The summed E-state index contributed by atoms with van der Waals surface area (Å²) >= 11 is 0. The van der Waals surface area contributed by atoms with Gasteiger partial charge in [-0.05, 0) is 0 Å². The van der Waals surface area contributed by atoms with Gasteiger partial charge in [-0.1, -0.05) is 0 Å². The molecule has 28 heavy (non-hydrogen) atoms. The zero-order valence-electron chi connectivity index (χ0n) is 12.6. The molecule has 2 aromatic rings. The predicted octanol–water partition coefficient (Wildman–Crippen LogP) is 4.57. The third-order valence-electron chi connectivity index (χ3n) is 3.21. The number of ketones is 1. The van der Waals surface area contributed by atoms with Gasteiger partial charge in [-0.15, -0.1) is 0 Å². The number of rotatable bonds is 3. The molecule has 0 aliphatic carbocycles. The van der Waals surface area contributed by atoms with E-state index in [4.69, 9.17) is 0 Å². The number of aliphatic hydroxyl groups is 1. The maximum absolute atomic E-state index is 13.5. The molecule has 13 heteroatoms. The molecule has 0 spiro atoms. The minimum atomic E-state index is -2.59. The van der Waals surface area contributed by atoms with E-state index in [1.54, 1.807) is 0 Å². The minimum absolute atomic E-state index is 0. The van der Waals surface area contributed by atoms with E-state index in [1.807, 2.05) is 0 Å². The molecule has 0 heterocycles. The first-order chi connectivity index (χ1) is 12.4. The molecule has 2 nitrogen and oxygen atoms in total. The summed E-state index contributed by atoms with van der Waals surface area (Å²) in [5.41, 5.74) is -4.02. The Morgan fingerprint density at radius 1 is 0.536 bits per heavy atom.